The van der Waals surface area contributed by atoms with Crippen molar-refractivity contribution in [1.29, 1.82) is 0 Å². The smallest absolute Gasteiger partial charge is 0.263 e. The van der Waals surface area contributed by atoms with E-state index in [1.54, 1.807) is 19.4 Å². The first-order valence-corrected chi connectivity index (χ1v) is 10.7. The summed E-state index contributed by atoms with van der Waals surface area (Å²) >= 11 is 0. The molecule has 2 saturated heterocycles. The topological polar surface area (TPSA) is 87.5 Å². The molecule has 1 N–H and O–H groups in total. The van der Waals surface area contributed by atoms with Gasteiger partial charge in [0, 0.05) is 49.8 Å². The van der Waals surface area contributed by atoms with E-state index in [1.807, 2.05) is 10.8 Å². The van der Waals surface area contributed by atoms with Crippen LogP contribution in [0, 0.1) is 0 Å². The summed E-state index contributed by atoms with van der Waals surface area (Å²) in [5.74, 6) is 0.125. The number of hydrogen-bond acceptors (Lipinski definition) is 6. The van der Waals surface area contributed by atoms with Crippen LogP contribution in [0.2, 0.25) is 0 Å². The number of carbonyl (C=O) groups is 1. The summed E-state index contributed by atoms with van der Waals surface area (Å²) in [6.07, 6.45) is 1.41. The predicted molar refractivity (Wildman–Crippen MR) is 116 cm³/mol. The van der Waals surface area contributed by atoms with E-state index in [4.69, 9.17) is 19.2 Å². The van der Waals surface area contributed by atoms with Gasteiger partial charge in [-0.3, -0.25) is 4.79 Å². The van der Waals surface area contributed by atoms with Crippen LogP contribution in [0.25, 0.3) is 22.2 Å². The molecule has 0 bridgehead atoms. The number of hydrogen-bond donors (Lipinski definition) is 1. The van der Waals surface area contributed by atoms with E-state index in [9.17, 15) is 13.6 Å². The van der Waals surface area contributed by atoms with Crippen molar-refractivity contribution in [3.8, 4) is 11.3 Å². The van der Waals surface area contributed by atoms with E-state index >= 15 is 0 Å². The van der Waals surface area contributed by atoms with E-state index in [2.05, 4.69) is 10.3 Å². The average Bonchev–Trinajstić information content (AvgIpc) is 3.38. The van der Waals surface area contributed by atoms with Crippen molar-refractivity contribution in [2.45, 2.75) is 31.4 Å². The molecule has 0 aromatic carbocycles. The molecule has 10 heteroatoms. The molecule has 1 atom stereocenters. The maximum absolute atomic E-state index is 13.9. The van der Waals surface area contributed by atoms with E-state index < -0.39 is 12.0 Å². The second-order valence-electron chi connectivity index (χ2n) is 8.38. The van der Waals surface area contributed by atoms with Crippen molar-refractivity contribution in [3.05, 3.63) is 41.9 Å². The molecule has 2 aliphatic heterocycles. The van der Waals surface area contributed by atoms with Crippen molar-refractivity contribution in [3.63, 3.8) is 0 Å². The molecule has 0 spiro atoms. The number of ether oxygens (including phenoxy) is 3. The van der Waals surface area contributed by atoms with Gasteiger partial charge in [0.15, 0.2) is 0 Å². The van der Waals surface area contributed by atoms with Crippen molar-refractivity contribution in [2.75, 3.05) is 38.9 Å². The first-order chi connectivity index (χ1) is 15.9. The van der Waals surface area contributed by atoms with Gasteiger partial charge in [-0.05, 0) is 18.2 Å². The standard InChI is InChI=1S/C23H24F2N4O4/c1-13(30)27-21-7-16-17(9-29(15-10-33-11-15)19(16)8-26-21)18-5-14(22(24)25)6-20(28-18)23(31-2)3-4-32-12-23/h5-9,15,22H,3-4,10-12H2,1-2H3,(H,26,27,30)/t23-/m0/s1. The van der Waals surface area contributed by atoms with Gasteiger partial charge in [0.2, 0.25) is 5.91 Å². The lowest BCUT2D eigenvalue weighted by atomic mass is 9.95. The van der Waals surface area contributed by atoms with Gasteiger partial charge in [0.05, 0.1) is 49.0 Å². The van der Waals surface area contributed by atoms with E-state index in [-0.39, 0.29) is 24.1 Å². The molecule has 0 aliphatic carbocycles. The number of anilines is 1. The Morgan fingerprint density at radius 3 is 2.73 bits per heavy atom. The Kier molecular flexibility index (Phi) is 5.59. The van der Waals surface area contributed by atoms with Crippen LogP contribution in [0.5, 0.6) is 0 Å². The normalized spacial score (nSPS) is 21.0. The molecular weight excluding hydrogens is 434 g/mol. The van der Waals surface area contributed by atoms with Crippen LogP contribution < -0.4 is 5.32 Å². The molecular formula is C23H24F2N4O4. The minimum absolute atomic E-state index is 0.112. The first-order valence-electron chi connectivity index (χ1n) is 10.7. The Morgan fingerprint density at radius 2 is 2.12 bits per heavy atom. The number of amides is 1. The molecule has 3 aromatic rings. The summed E-state index contributed by atoms with van der Waals surface area (Å²) in [7, 11) is 1.54. The molecule has 0 saturated carbocycles. The van der Waals surface area contributed by atoms with Gasteiger partial charge in [-0.2, -0.15) is 0 Å². The summed E-state index contributed by atoms with van der Waals surface area (Å²) < 4.78 is 46.4. The van der Waals surface area contributed by atoms with Gasteiger partial charge >= 0.3 is 0 Å². The third-order valence-corrected chi connectivity index (χ3v) is 6.26. The van der Waals surface area contributed by atoms with Gasteiger partial charge in [-0.25, -0.2) is 18.7 Å². The molecule has 1 amide bonds. The van der Waals surface area contributed by atoms with Gasteiger partial charge < -0.3 is 24.1 Å². The highest BCUT2D eigenvalue weighted by molar-refractivity contribution is 5.98. The molecule has 3 aromatic heterocycles. The second-order valence-corrected chi connectivity index (χ2v) is 8.38. The third kappa shape index (κ3) is 3.88. The van der Waals surface area contributed by atoms with E-state index in [0.29, 0.717) is 49.0 Å². The Morgan fingerprint density at radius 1 is 1.30 bits per heavy atom. The lowest BCUT2D eigenvalue weighted by Gasteiger charge is -2.28. The summed E-state index contributed by atoms with van der Waals surface area (Å²) in [6.45, 7) is 3.22. The fourth-order valence-corrected chi connectivity index (χ4v) is 4.35. The maximum Gasteiger partial charge on any atom is 0.263 e. The van der Waals surface area contributed by atoms with E-state index in [0.717, 1.165) is 10.9 Å². The number of nitrogens with zero attached hydrogens (tertiary/aromatic N) is 3. The SMILES string of the molecule is CO[C@@]1(c2cc(C(F)F)cc(-c3cn(C4COC4)c4cnc(NC(C)=O)cc34)n2)CCOC1. The molecule has 174 valence electrons. The van der Waals surface area contributed by atoms with Crippen LogP contribution >= 0.6 is 0 Å². The number of aromatic nitrogens is 3. The zero-order chi connectivity index (χ0) is 23.2. The fourth-order valence-electron chi connectivity index (χ4n) is 4.35. The number of fused-ring (bicyclic) bond motifs is 1. The summed E-state index contributed by atoms with van der Waals surface area (Å²) in [5, 5.41) is 3.43. The highest BCUT2D eigenvalue weighted by Gasteiger charge is 2.39. The van der Waals surface area contributed by atoms with Crippen LogP contribution in [0.3, 0.4) is 0 Å². The first kappa shape index (κ1) is 21.9. The predicted octanol–water partition coefficient (Wildman–Crippen LogP) is 3.83. The molecule has 0 radical (unpaired) electrons. The lowest BCUT2D eigenvalue weighted by Crippen LogP contribution is -2.30. The van der Waals surface area contributed by atoms with E-state index in [1.165, 1.54) is 19.1 Å². The maximum atomic E-state index is 13.9. The molecule has 5 rings (SSSR count). The monoisotopic (exact) mass is 458 g/mol. The highest BCUT2D eigenvalue weighted by atomic mass is 19.3. The van der Waals surface area contributed by atoms with Gasteiger partial charge in [-0.15, -0.1) is 0 Å². The molecule has 33 heavy (non-hydrogen) atoms. The molecule has 2 aliphatic rings. The van der Waals surface area contributed by atoms with Gasteiger partial charge in [0.1, 0.15) is 11.4 Å². The van der Waals surface area contributed by atoms with Crippen molar-refractivity contribution in [2.24, 2.45) is 0 Å². The molecule has 8 nitrogen and oxygen atoms in total. The van der Waals surface area contributed by atoms with Crippen LogP contribution in [-0.2, 0) is 24.6 Å². The number of nitrogens with one attached hydrogen (secondary N) is 1. The Bertz CT molecular complexity index is 1200. The number of alkyl halides is 2. The number of pyridine rings is 2. The van der Waals surface area contributed by atoms with Crippen LogP contribution in [0.15, 0.2) is 30.6 Å². The van der Waals surface area contributed by atoms with Gasteiger partial charge in [0.25, 0.3) is 6.43 Å². The zero-order valence-electron chi connectivity index (χ0n) is 18.3. The van der Waals surface area contributed by atoms with Crippen molar-refractivity contribution in [1.82, 2.24) is 14.5 Å². The Balaban J connectivity index is 1.71. The third-order valence-electron chi connectivity index (χ3n) is 6.26. The minimum Gasteiger partial charge on any atom is -0.378 e. The molecule has 2 fully saturated rings. The Hall–Kier alpha value is -2.95. The van der Waals surface area contributed by atoms with Crippen molar-refractivity contribution >= 4 is 22.6 Å². The zero-order valence-corrected chi connectivity index (χ0v) is 18.3. The van der Waals surface area contributed by atoms with Crippen LogP contribution in [-0.4, -0.2) is 54.0 Å². The number of rotatable bonds is 6. The number of carbonyl (C=O) groups excluding carboxylic acids is 1. The highest BCUT2D eigenvalue weighted by Crippen LogP contribution is 2.39. The number of methoxy groups -OCH3 is 1. The van der Waals surface area contributed by atoms with Gasteiger partial charge in [-0.1, -0.05) is 0 Å². The van der Waals surface area contributed by atoms with Crippen LogP contribution in [0.1, 0.15) is 37.1 Å². The van der Waals surface area contributed by atoms with Crippen LogP contribution in [0.4, 0.5) is 14.6 Å². The number of halogens is 2. The Labute approximate surface area is 188 Å². The summed E-state index contributed by atoms with van der Waals surface area (Å²) in [6, 6.07) is 4.65. The van der Waals surface area contributed by atoms with Crippen molar-refractivity contribution < 1.29 is 27.8 Å². The largest absolute Gasteiger partial charge is 0.378 e. The quantitative estimate of drug-likeness (QED) is 0.604. The summed E-state index contributed by atoms with van der Waals surface area (Å²) in [5.41, 5.74) is 1.28. The second kappa shape index (κ2) is 8.44. The fraction of sp³-hybridized carbons (Fsp3) is 0.435. The molecule has 0 unspecified atom stereocenters. The average molecular weight is 458 g/mol. The minimum atomic E-state index is -2.67. The summed E-state index contributed by atoms with van der Waals surface area (Å²) in [4.78, 5) is 20.7. The molecule has 5 heterocycles. The lowest BCUT2D eigenvalue weighted by molar-refractivity contribution is -0.114.